The van der Waals surface area contributed by atoms with Gasteiger partial charge in [0.2, 0.25) is 11.8 Å². The minimum absolute atomic E-state index is 0.167. The Morgan fingerprint density at radius 2 is 1.92 bits per heavy atom. The van der Waals surface area contributed by atoms with Gasteiger partial charge >= 0.3 is 7.12 Å². The zero-order chi connectivity index (χ0) is 19.1. The van der Waals surface area contributed by atoms with E-state index in [9.17, 15) is 19.6 Å². The second-order valence-electron chi connectivity index (χ2n) is 5.99. The molecule has 136 valence electrons. The van der Waals surface area contributed by atoms with Crippen LogP contribution in [0.4, 0.5) is 0 Å². The Balaban J connectivity index is 2.12. The zero-order valence-electron chi connectivity index (χ0n) is 14.8. The Bertz CT molecular complexity index is 789. The molecule has 2 aromatic carbocycles. The third kappa shape index (κ3) is 4.94. The highest BCUT2D eigenvalue weighted by atomic mass is 16.4. The van der Waals surface area contributed by atoms with Crippen LogP contribution in [0.3, 0.4) is 0 Å². The minimum atomic E-state index is -1.72. The Morgan fingerprint density at radius 1 is 1.23 bits per heavy atom. The van der Waals surface area contributed by atoms with Crippen molar-refractivity contribution in [3.05, 3.63) is 60.7 Å². The predicted molar refractivity (Wildman–Crippen MR) is 102 cm³/mol. The number of nitrogens with zero attached hydrogens (tertiary/aromatic N) is 1. The standard InChI is InChI=1S/C19H23BN2O4/c1-3-19(24)22(4-2)13-18(23)21-17(20(25)26)12-15-10-7-9-14-8-5-6-11-16(14)15/h3,5-11,17,25-26H,1,4,12-13H2,2H3,(H,21,23). The monoisotopic (exact) mass is 354 g/mol. The topological polar surface area (TPSA) is 89.9 Å². The maximum absolute atomic E-state index is 12.2. The second-order valence-corrected chi connectivity index (χ2v) is 5.99. The fourth-order valence-corrected chi connectivity index (χ4v) is 2.84. The van der Waals surface area contributed by atoms with Crippen molar-refractivity contribution in [2.75, 3.05) is 13.1 Å². The summed E-state index contributed by atoms with van der Waals surface area (Å²) in [5.74, 6) is -1.69. The lowest BCUT2D eigenvalue weighted by Gasteiger charge is -2.22. The molecule has 26 heavy (non-hydrogen) atoms. The molecule has 2 amide bonds. The van der Waals surface area contributed by atoms with Crippen LogP contribution in [0, 0.1) is 0 Å². The molecule has 2 aromatic rings. The molecule has 0 radical (unpaired) electrons. The van der Waals surface area contributed by atoms with Gasteiger partial charge in [0.25, 0.3) is 0 Å². The van der Waals surface area contributed by atoms with Crippen LogP contribution in [-0.2, 0) is 16.0 Å². The molecule has 0 saturated carbocycles. The van der Waals surface area contributed by atoms with Crippen molar-refractivity contribution in [1.82, 2.24) is 10.2 Å². The van der Waals surface area contributed by atoms with Gasteiger partial charge in [0, 0.05) is 6.54 Å². The average molecular weight is 354 g/mol. The summed E-state index contributed by atoms with van der Waals surface area (Å²) in [7, 11) is -1.72. The normalized spacial score (nSPS) is 11.7. The largest absolute Gasteiger partial charge is 0.475 e. The number of amides is 2. The van der Waals surface area contributed by atoms with Crippen LogP contribution in [-0.4, -0.2) is 52.9 Å². The van der Waals surface area contributed by atoms with Crippen molar-refractivity contribution in [2.24, 2.45) is 0 Å². The van der Waals surface area contributed by atoms with Gasteiger partial charge in [-0.3, -0.25) is 9.59 Å². The van der Waals surface area contributed by atoms with Gasteiger partial charge in [0.15, 0.2) is 0 Å². The molecule has 0 aromatic heterocycles. The zero-order valence-corrected chi connectivity index (χ0v) is 14.8. The molecule has 0 heterocycles. The van der Waals surface area contributed by atoms with E-state index in [1.165, 1.54) is 4.90 Å². The van der Waals surface area contributed by atoms with E-state index in [-0.39, 0.29) is 18.9 Å². The van der Waals surface area contributed by atoms with Crippen molar-refractivity contribution in [3.8, 4) is 0 Å². The molecule has 0 fully saturated rings. The molecule has 0 aliphatic heterocycles. The van der Waals surface area contributed by atoms with Gasteiger partial charge in [-0.15, -0.1) is 0 Å². The van der Waals surface area contributed by atoms with E-state index in [4.69, 9.17) is 0 Å². The molecule has 0 spiro atoms. The van der Waals surface area contributed by atoms with Gasteiger partial charge in [0.05, 0.1) is 12.5 Å². The molecule has 7 heteroatoms. The molecule has 1 unspecified atom stereocenters. The van der Waals surface area contributed by atoms with Crippen molar-refractivity contribution in [3.63, 3.8) is 0 Å². The number of carbonyl (C=O) groups excluding carboxylic acids is 2. The lowest BCUT2D eigenvalue weighted by molar-refractivity contribution is -0.132. The summed E-state index contributed by atoms with van der Waals surface area (Å²) in [4.78, 5) is 25.2. The first-order valence-electron chi connectivity index (χ1n) is 8.49. The van der Waals surface area contributed by atoms with Crippen LogP contribution in [0.15, 0.2) is 55.1 Å². The van der Waals surface area contributed by atoms with E-state index in [0.717, 1.165) is 22.4 Å². The lowest BCUT2D eigenvalue weighted by Crippen LogP contribution is -2.51. The van der Waals surface area contributed by atoms with Crippen LogP contribution in [0.5, 0.6) is 0 Å². The van der Waals surface area contributed by atoms with Gasteiger partial charge < -0.3 is 20.3 Å². The van der Waals surface area contributed by atoms with Crippen LogP contribution < -0.4 is 5.32 Å². The Hall–Kier alpha value is -2.64. The number of rotatable bonds is 8. The first kappa shape index (κ1) is 19.7. The summed E-state index contributed by atoms with van der Waals surface area (Å²) < 4.78 is 0. The molecular formula is C19H23BN2O4. The van der Waals surface area contributed by atoms with Crippen LogP contribution in [0.25, 0.3) is 10.8 Å². The van der Waals surface area contributed by atoms with E-state index >= 15 is 0 Å². The number of fused-ring (bicyclic) bond motifs is 1. The smallest absolute Gasteiger partial charge is 0.426 e. The van der Waals surface area contributed by atoms with Gasteiger partial charge in [-0.1, -0.05) is 49.0 Å². The molecule has 3 N–H and O–H groups in total. The average Bonchev–Trinajstić information content (AvgIpc) is 2.65. The number of hydrogen-bond donors (Lipinski definition) is 3. The molecule has 6 nitrogen and oxygen atoms in total. The first-order chi connectivity index (χ1) is 12.5. The summed E-state index contributed by atoms with van der Waals surface area (Å²) in [6, 6.07) is 13.5. The second kappa shape index (κ2) is 9.17. The maximum Gasteiger partial charge on any atom is 0.475 e. The van der Waals surface area contributed by atoms with E-state index in [1.807, 2.05) is 42.5 Å². The van der Waals surface area contributed by atoms with E-state index in [0.29, 0.717) is 6.54 Å². The van der Waals surface area contributed by atoms with Gasteiger partial charge in [-0.05, 0) is 35.8 Å². The van der Waals surface area contributed by atoms with Gasteiger partial charge in [0.1, 0.15) is 0 Å². The van der Waals surface area contributed by atoms with Crippen LogP contribution in [0.1, 0.15) is 12.5 Å². The van der Waals surface area contributed by atoms with Crippen molar-refractivity contribution in [2.45, 2.75) is 19.3 Å². The predicted octanol–water partition coefficient (Wildman–Crippen LogP) is 0.914. The Labute approximate surface area is 153 Å². The third-order valence-electron chi connectivity index (χ3n) is 4.23. The lowest BCUT2D eigenvalue weighted by atomic mass is 9.75. The summed E-state index contributed by atoms with van der Waals surface area (Å²) in [5.41, 5.74) is 0.899. The minimum Gasteiger partial charge on any atom is -0.426 e. The van der Waals surface area contributed by atoms with Gasteiger partial charge in [-0.2, -0.15) is 0 Å². The molecular weight excluding hydrogens is 331 g/mol. The highest BCUT2D eigenvalue weighted by Crippen LogP contribution is 2.20. The molecule has 2 rings (SSSR count). The van der Waals surface area contributed by atoms with E-state index < -0.39 is 19.0 Å². The quantitative estimate of drug-likeness (QED) is 0.486. The number of carbonyl (C=O) groups is 2. The van der Waals surface area contributed by atoms with Crippen LogP contribution >= 0.6 is 0 Å². The van der Waals surface area contributed by atoms with Crippen LogP contribution in [0.2, 0.25) is 0 Å². The summed E-state index contributed by atoms with van der Waals surface area (Å²) in [6.45, 7) is 5.35. The summed E-state index contributed by atoms with van der Waals surface area (Å²) in [5, 5.41) is 24.0. The molecule has 0 aliphatic carbocycles. The molecule has 1 atom stereocenters. The summed E-state index contributed by atoms with van der Waals surface area (Å²) in [6.07, 6.45) is 1.40. The fourth-order valence-electron chi connectivity index (χ4n) is 2.84. The van der Waals surface area contributed by atoms with Crippen molar-refractivity contribution in [1.29, 1.82) is 0 Å². The number of hydrogen-bond acceptors (Lipinski definition) is 4. The first-order valence-corrected chi connectivity index (χ1v) is 8.49. The number of likely N-dealkylation sites (N-methyl/N-ethyl adjacent to an activating group) is 1. The maximum atomic E-state index is 12.2. The molecule has 0 saturated heterocycles. The summed E-state index contributed by atoms with van der Waals surface area (Å²) >= 11 is 0. The number of benzene rings is 2. The molecule has 0 aliphatic rings. The third-order valence-corrected chi connectivity index (χ3v) is 4.23. The SMILES string of the molecule is C=CC(=O)N(CC)CC(=O)NC(Cc1cccc2ccccc12)B(O)O. The fraction of sp³-hybridized carbons (Fsp3) is 0.263. The highest BCUT2D eigenvalue weighted by molar-refractivity contribution is 6.43. The van der Waals surface area contributed by atoms with E-state index in [1.54, 1.807) is 6.92 Å². The van der Waals surface area contributed by atoms with Gasteiger partial charge in [-0.25, -0.2) is 0 Å². The van der Waals surface area contributed by atoms with Crippen molar-refractivity contribution < 1.29 is 19.6 Å². The van der Waals surface area contributed by atoms with Crippen molar-refractivity contribution >= 4 is 29.7 Å². The van der Waals surface area contributed by atoms with E-state index in [2.05, 4.69) is 11.9 Å². The Morgan fingerprint density at radius 3 is 2.58 bits per heavy atom. The highest BCUT2D eigenvalue weighted by Gasteiger charge is 2.27. The molecule has 0 bridgehead atoms. The Kier molecular flexibility index (Phi) is 6.94. The number of nitrogens with one attached hydrogen (secondary N) is 1.